The molecule has 0 atom stereocenters. The normalized spacial score (nSPS) is 11.4. The molecule has 0 fully saturated rings. The molecule has 1 aromatic carbocycles. The Balaban J connectivity index is 2.33. The average Bonchev–Trinajstić information content (AvgIpc) is 2.63. The molecule has 1 aromatic heterocycles. The predicted molar refractivity (Wildman–Crippen MR) is 65.4 cm³/mol. The van der Waals surface area contributed by atoms with Crippen LogP contribution < -0.4 is 4.74 Å². The molecule has 0 radical (unpaired) electrons. The fourth-order valence-electron chi connectivity index (χ4n) is 1.61. The van der Waals surface area contributed by atoms with Gasteiger partial charge in [-0.3, -0.25) is 4.79 Å². The molecule has 0 aliphatic rings. The summed E-state index contributed by atoms with van der Waals surface area (Å²) in [6, 6.07) is 4.98. The van der Waals surface area contributed by atoms with Crippen LogP contribution in [0.3, 0.4) is 0 Å². The molecule has 0 spiro atoms. The molecular formula is C12H8ClF3N2O2. The fraction of sp³-hybridized carbons (Fsp3) is 0.167. The van der Waals surface area contributed by atoms with Gasteiger partial charge in [0, 0.05) is 0 Å². The Kier molecular flexibility index (Phi) is 3.71. The molecule has 20 heavy (non-hydrogen) atoms. The van der Waals surface area contributed by atoms with Crippen molar-refractivity contribution in [3.63, 3.8) is 0 Å². The van der Waals surface area contributed by atoms with E-state index in [1.54, 1.807) is 6.92 Å². The van der Waals surface area contributed by atoms with E-state index in [9.17, 15) is 18.0 Å². The number of rotatable bonds is 3. The van der Waals surface area contributed by atoms with Crippen LogP contribution >= 0.6 is 11.6 Å². The number of carbonyl (C=O) groups excluding carboxylic acids is 1. The minimum atomic E-state index is -4.74. The van der Waals surface area contributed by atoms with Gasteiger partial charge in [0.15, 0.2) is 6.29 Å². The zero-order valence-electron chi connectivity index (χ0n) is 10.1. The van der Waals surface area contributed by atoms with E-state index in [2.05, 4.69) is 9.84 Å². The molecule has 0 saturated heterocycles. The summed E-state index contributed by atoms with van der Waals surface area (Å²) in [7, 11) is 0. The summed E-state index contributed by atoms with van der Waals surface area (Å²) in [5.74, 6) is -0.350. The first-order valence-corrected chi connectivity index (χ1v) is 5.76. The summed E-state index contributed by atoms with van der Waals surface area (Å²) in [6.45, 7) is 1.60. The lowest BCUT2D eigenvalue weighted by Gasteiger charge is -2.09. The number of benzene rings is 1. The van der Waals surface area contributed by atoms with Gasteiger partial charge in [-0.2, -0.15) is 5.10 Å². The standard InChI is InChI=1S/C12H8ClF3N2O2/c1-7-10(6-19)11(13)18(17-7)8-2-4-9(5-3-8)20-12(14,15)16/h2-6H,1H3. The zero-order valence-corrected chi connectivity index (χ0v) is 10.9. The summed E-state index contributed by atoms with van der Waals surface area (Å²) < 4.78 is 41.1. The summed E-state index contributed by atoms with van der Waals surface area (Å²) in [4.78, 5) is 10.8. The maximum absolute atomic E-state index is 12.0. The van der Waals surface area contributed by atoms with Crippen molar-refractivity contribution in [3.05, 3.63) is 40.7 Å². The molecule has 0 bridgehead atoms. The summed E-state index contributed by atoms with van der Waals surface area (Å²) in [5.41, 5.74) is 1.09. The van der Waals surface area contributed by atoms with E-state index >= 15 is 0 Å². The van der Waals surface area contributed by atoms with Crippen LogP contribution in [0.1, 0.15) is 16.1 Å². The van der Waals surface area contributed by atoms with E-state index in [-0.39, 0.29) is 16.5 Å². The van der Waals surface area contributed by atoms with Crippen LogP contribution in [0.15, 0.2) is 24.3 Å². The third kappa shape index (κ3) is 2.93. The molecule has 0 N–H and O–H groups in total. The number of nitrogens with zero attached hydrogens (tertiary/aromatic N) is 2. The molecule has 1 heterocycles. The molecule has 0 unspecified atom stereocenters. The van der Waals surface area contributed by atoms with E-state index in [0.29, 0.717) is 17.7 Å². The van der Waals surface area contributed by atoms with Crippen molar-refractivity contribution in [1.29, 1.82) is 0 Å². The number of carbonyl (C=O) groups is 1. The smallest absolute Gasteiger partial charge is 0.406 e. The third-order valence-corrected chi connectivity index (χ3v) is 2.84. The van der Waals surface area contributed by atoms with E-state index in [1.165, 1.54) is 16.8 Å². The van der Waals surface area contributed by atoms with Crippen LogP contribution in [0.2, 0.25) is 5.15 Å². The van der Waals surface area contributed by atoms with Crippen molar-refractivity contribution in [2.45, 2.75) is 13.3 Å². The van der Waals surface area contributed by atoms with Crippen LogP contribution in [-0.4, -0.2) is 22.4 Å². The Bertz CT molecular complexity index is 635. The van der Waals surface area contributed by atoms with Crippen LogP contribution in [0, 0.1) is 6.92 Å². The monoisotopic (exact) mass is 304 g/mol. The SMILES string of the molecule is Cc1nn(-c2ccc(OC(F)(F)F)cc2)c(Cl)c1C=O. The topological polar surface area (TPSA) is 44.1 Å². The minimum absolute atomic E-state index is 0.0991. The highest BCUT2D eigenvalue weighted by Crippen LogP contribution is 2.26. The molecule has 106 valence electrons. The van der Waals surface area contributed by atoms with Crippen LogP contribution in [0.4, 0.5) is 13.2 Å². The Morgan fingerprint density at radius 2 is 1.90 bits per heavy atom. The largest absolute Gasteiger partial charge is 0.573 e. The van der Waals surface area contributed by atoms with Crippen molar-refractivity contribution in [2.75, 3.05) is 0 Å². The van der Waals surface area contributed by atoms with Crippen molar-refractivity contribution in [3.8, 4) is 11.4 Å². The van der Waals surface area contributed by atoms with Crippen molar-refractivity contribution < 1.29 is 22.7 Å². The van der Waals surface area contributed by atoms with Crippen LogP contribution in [0.25, 0.3) is 5.69 Å². The second-order valence-electron chi connectivity index (χ2n) is 3.86. The number of halogens is 4. The lowest BCUT2D eigenvalue weighted by atomic mass is 10.3. The lowest BCUT2D eigenvalue weighted by Crippen LogP contribution is -2.17. The number of hydrogen-bond acceptors (Lipinski definition) is 3. The molecule has 0 aliphatic heterocycles. The van der Waals surface area contributed by atoms with E-state index in [4.69, 9.17) is 11.6 Å². The Labute approximate surface area is 116 Å². The summed E-state index contributed by atoms with van der Waals surface area (Å²) >= 11 is 5.97. The first-order valence-electron chi connectivity index (χ1n) is 5.38. The summed E-state index contributed by atoms with van der Waals surface area (Å²) in [6.07, 6.45) is -4.17. The molecule has 0 aliphatic carbocycles. The highest BCUT2D eigenvalue weighted by atomic mass is 35.5. The van der Waals surface area contributed by atoms with E-state index in [0.717, 1.165) is 12.1 Å². The number of ether oxygens (including phenoxy) is 1. The molecule has 2 aromatic rings. The van der Waals surface area contributed by atoms with Crippen molar-refractivity contribution >= 4 is 17.9 Å². The highest BCUT2D eigenvalue weighted by molar-refractivity contribution is 6.32. The Morgan fingerprint density at radius 1 is 1.30 bits per heavy atom. The van der Waals surface area contributed by atoms with Crippen LogP contribution in [0.5, 0.6) is 5.75 Å². The predicted octanol–water partition coefficient (Wildman–Crippen LogP) is 3.55. The number of aryl methyl sites for hydroxylation is 1. The van der Waals surface area contributed by atoms with E-state index < -0.39 is 6.36 Å². The van der Waals surface area contributed by atoms with Gasteiger partial charge in [-0.1, -0.05) is 11.6 Å². The minimum Gasteiger partial charge on any atom is -0.406 e. The maximum atomic E-state index is 12.0. The van der Waals surface area contributed by atoms with Gasteiger partial charge in [0.2, 0.25) is 0 Å². The van der Waals surface area contributed by atoms with Gasteiger partial charge in [0.05, 0.1) is 16.9 Å². The molecular weight excluding hydrogens is 297 g/mol. The molecule has 8 heteroatoms. The van der Waals surface area contributed by atoms with Gasteiger partial charge >= 0.3 is 6.36 Å². The van der Waals surface area contributed by atoms with Gasteiger partial charge in [-0.15, -0.1) is 13.2 Å². The average molecular weight is 305 g/mol. The first-order chi connectivity index (χ1) is 9.31. The van der Waals surface area contributed by atoms with Gasteiger partial charge in [0.25, 0.3) is 0 Å². The fourth-order valence-corrected chi connectivity index (χ4v) is 1.92. The Hall–Kier alpha value is -2.02. The zero-order chi connectivity index (χ0) is 14.9. The van der Waals surface area contributed by atoms with E-state index in [1.807, 2.05) is 0 Å². The Morgan fingerprint density at radius 3 is 2.35 bits per heavy atom. The van der Waals surface area contributed by atoms with Gasteiger partial charge in [0.1, 0.15) is 10.9 Å². The first kappa shape index (κ1) is 14.4. The molecule has 0 saturated carbocycles. The lowest BCUT2D eigenvalue weighted by molar-refractivity contribution is -0.274. The molecule has 4 nitrogen and oxygen atoms in total. The van der Waals surface area contributed by atoms with Crippen molar-refractivity contribution in [2.24, 2.45) is 0 Å². The number of aldehydes is 1. The number of alkyl halides is 3. The third-order valence-electron chi connectivity index (χ3n) is 2.48. The number of hydrogen-bond donors (Lipinski definition) is 0. The second-order valence-corrected chi connectivity index (χ2v) is 4.22. The van der Waals surface area contributed by atoms with Gasteiger partial charge in [-0.25, -0.2) is 4.68 Å². The molecule has 2 rings (SSSR count). The second kappa shape index (κ2) is 5.16. The van der Waals surface area contributed by atoms with Gasteiger partial charge < -0.3 is 4.74 Å². The van der Waals surface area contributed by atoms with Gasteiger partial charge in [-0.05, 0) is 31.2 Å². The molecule has 0 amide bonds. The maximum Gasteiger partial charge on any atom is 0.573 e. The number of aromatic nitrogens is 2. The van der Waals surface area contributed by atoms with Crippen LogP contribution in [-0.2, 0) is 0 Å². The quantitative estimate of drug-likeness (QED) is 0.815. The van der Waals surface area contributed by atoms with Crippen molar-refractivity contribution in [1.82, 2.24) is 9.78 Å². The summed E-state index contributed by atoms with van der Waals surface area (Å²) in [5, 5.41) is 4.15. The highest BCUT2D eigenvalue weighted by Gasteiger charge is 2.31.